The van der Waals surface area contributed by atoms with Gasteiger partial charge in [0.05, 0.1) is 24.4 Å². The maximum Gasteiger partial charge on any atom is 0.227 e. The zero-order valence-corrected chi connectivity index (χ0v) is 18.7. The van der Waals surface area contributed by atoms with Crippen molar-refractivity contribution in [2.24, 2.45) is 7.05 Å². The lowest BCUT2D eigenvalue weighted by Crippen LogP contribution is -2.28. The number of aryl methyl sites for hydroxylation is 3. The molecule has 29 heavy (non-hydrogen) atoms. The first-order valence-corrected chi connectivity index (χ1v) is 10.1. The average molecular weight is 414 g/mol. The van der Waals surface area contributed by atoms with E-state index in [4.69, 9.17) is 11.6 Å². The minimum absolute atomic E-state index is 0.0712. The van der Waals surface area contributed by atoms with Crippen molar-refractivity contribution in [1.29, 1.82) is 0 Å². The van der Waals surface area contributed by atoms with Gasteiger partial charge in [0.1, 0.15) is 0 Å². The number of carbonyl (C=O) groups is 1. The van der Waals surface area contributed by atoms with Crippen molar-refractivity contribution in [3.8, 4) is 0 Å². The molecule has 0 aliphatic rings. The van der Waals surface area contributed by atoms with E-state index in [2.05, 4.69) is 10.2 Å². The van der Waals surface area contributed by atoms with Crippen LogP contribution in [0.1, 0.15) is 39.5 Å². The van der Waals surface area contributed by atoms with E-state index in [9.17, 15) is 4.79 Å². The summed E-state index contributed by atoms with van der Waals surface area (Å²) >= 11 is 6.30. The van der Waals surface area contributed by atoms with E-state index in [1.54, 1.807) is 4.90 Å². The number of nitrogens with zero attached hydrogens (tertiary/aromatic N) is 5. The van der Waals surface area contributed by atoms with Crippen LogP contribution in [0.3, 0.4) is 0 Å². The minimum atomic E-state index is 0.0712. The Hall–Kier alpha value is -2.60. The molecule has 0 bridgehead atoms. The van der Waals surface area contributed by atoms with Crippen molar-refractivity contribution in [2.45, 2.75) is 47.2 Å². The Balaban J connectivity index is 1.75. The number of benzene rings is 1. The van der Waals surface area contributed by atoms with Crippen molar-refractivity contribution in [3.05, 3.63) is 68.8 Å². The van der Waals surface area contributed by atoms with E-state index < -0.39 is 0 Å². The number of likely N-dealkylation sites (N-methyl/N-ethyl adjacent to an activating group) is 1. The van der Waals surface area contributed by atoms with Gasteiger partial charge in [0.15, 0.2) is 0 Å². The third-order valence-electron chi connectivity index (χ3n) is 5.62. The smallest absolute Gasteiger partial charge is 0.227 e. The molecule has 0 spiro atoms. The first kappa shape index (κ1) is 21.1. The second-order valence-electron chi connectivity index (χ2n) is 7.60. The van der Waals surface area contributed by atoms with Crippen LogP contribution in [-0.2, 0) is 31.4 Å². The predicted octanol–water partition coefficient (Wildman–Crippen LogP) is 3.75. The molecule has 154 valence electrons. The van der Waals surface area contributed by atoms with Gasteiger partial charge in [-0.25, -0.2) is 0 Å². The lowest BCUT2D eigenvalue weighted by atomic mass is 10.1. The van der Waals surface area contributed by atoms with Crippen molar-refractivity contribution in [1.82, 2.24) is 24.5 Å². The van der Waals surface area contributed by atoms with Crippen molar-refractivity contribution < 1.29 is 4.79 Å². The Bertz CT molecular complexity index is 1050. The normalized spacial score (nSPS) is 11.1. The lowest BCUT2D eigenvalue weighted by Gasteiger charge is -2.18. The van der Waals surface area contributed by atoms with Gasteiger partial charge >= 0.3 is 0 Å². The molecule has 6 nitrogen and oxygen atoms in total. The minimum Gasteiger partial charge on any atom is -0.341 e. The van der Waals surface area contributed by atoms with Gasteiger partial charge in [-0.15, -0.1) is 0 Å². The Labute approximate surface area is 177 Å². The maximum atomic E-state index is 12.8. The van der Waals surface area contributed by atoms with Gasteiger partial charge in [-0.2, -0.15) is 10.2 Å². The molecule has 1 aromatic carbocycles. The molecule has 7 heteroatoms. The first-order chi connectivity index (χ1) is 13.7. The van der Waals surface area contributed by atoms with E-state index in [1.807, 2.05) is 75.4 Å². The van der Waals surface area contributed by atoms with Gasteiger partial charge in [0.2, 0.25) is 5.91 Å². The van der Waals surface area contributed by atoms with Crippen molar-refractivity contribution in [2.75, 3.05) is 7.05 Å². The molecule has 2 heterocycles. The number of amides is 1. The number of halogens is 1. The summed E-state index contributed by atoms with van der Waals surface area (Å²) in [6.07, 6.45) is 0.355. The standard InChI is InChI=1S/C22H28ClN5O/c1-14-19(16(3)27(6)24-14)11-22(29)26(5)13-20-15(2)25-28(17(20)4)12-18-9-7-8-10-21(18)23/h7-10H,11-13H2,1-6H3. The van der Waals surface area contributed by atoms with Gasteiger partial charge in [-0.05, 0) is 39.3 Å². The van der Waals surface area contributed by atoms with Crippen LogP contribution < -0.4 is 0 Å². The van der Waals surface area contributed by atoms with Crippen LogP contribution in [0, 0.1) is 27.7 Å². The van der Waals surface area contributed by atoms with Crippen molar-refractivity contribution >= 4 is 17.5 Å². The van der Waals surface area contributed by atoms with E-state index in [1.165, 1.54) is 0 Å². The van der Waals surface area contributed by atoms with Gasteiger partial charge in [0.25, 0.3) is 0 Å². The highest BCUT2D eigenvalue weighted by molar-refractivity contribution is 6.31. The van der Waals surface area contributed by atoms with Crippen LogP contribution in [0.4, 0.5) is 0 Å². The summed E-state index contributed by atoms with van der Waals surface area (Å²) in [5.41, 5.74) is 7.03. The molecule has 0 N–H and O–H groups in total. The molecule has 0 fully saturated rings. The largest absolute Gasteiger partial charge is 0.341 e. The summed E-state index contributed by atoms with van der Waals surface area (Å²) in [6.45, 7) is 9.10. The Morgan fingerprint density at radius 3 is 2.31 bits per heavy atom. The summed E-state index contributed by atoms with van der Waals surface area (Å²) in [5.74, 6) is 0.0712. The van der Waals surface area contributed by atoms with Crippen LogP contribution in [0.5, 0.6) is 0 Å². The Kier molecular flexibility index (Phi) is 6.13. The monoisotopic (exact) mass is 413 g/mol. The third kappa shape index (κ3) is 4.37. The number of rotatable bonds is 6. The summed E-state index contributed by atoms with van der Waals surface area (Å²) in [7, 11) is 3.74. The zero-order valence-electron chi connectivity index (χ0n) is 18.0. The number of hydrogen-bond donors (Lipinski definition) is 0. The first-order valence-electron chi connectivity index (χ1n) is 9.68. The van der Waals surface area contributed by atoms with E-state index in [-0.39, 0.29) is 5.91 Å². The topological polar surface area (TPSA) is 56.0 Å². The summed E-state index contributed by atoms with van der Waals surface area (Å²) in [4.78, 5) is 14.6. The molecule has 3 aromatic rings. The molecule has 2 aromatic heterocycles. The summed E-state index contributed by atoms with van der Waals surface area (Å²) in [5, 5.41) is 9.82. The van der Waals surface area contributed by atoms with E-state index in [0.29, 0.717) is 19.5 Å². The Morgan fingerprint density at radius 2 is 1.69 bits per heavy atom. The van der Waals surface area contributed by atoms with E-state index >= 15 is 0 Å². The van der Waals surface area contributed by atoms with Crippen molar-refractivity contribution in [3.63, 3.8) is 0 Å². The highest BCUT2D eigenvalue weighted by atomic mass is 35.5. The molecule has 0 saturated carbocycles. The second-order valence-corrected chi connectivity index (χ2v) is 8.01. The summed E-state index contributed by atoms with van der Waals surface area (Å²) in [6, 6.07) is 7.79. The van der Waals surface area contributed by atoms with Crippen LogP contribution in [0.25, 0.3) is 0 Å². The summed E-state index contributed by atoms with van der Waals surface area (Å²) < 4.78 is 3.78. The third-order valence-corrected chi connectivity index (χ3v) is 5.99. The Morgan fingerprint density at radius 1 is 1.03 bits per heavy atom. The fraction of sp³-hybridized carbons (Fsp3) is 0.409. The van der Waals surface area contributed by atoms with Crippen LogP contribution in [0.2, 0.25) is 5.02 Å². The second kappa shape index (κ2) is 8.41. The van der Waals surface area contributed by atoms with E-state index in [0.717, 1.165) is 44.5 Å². The SMILES string of the molecule is Cc1nn(C)c(C)c1CC(=O)N(C)Cc1c(C)nn(Cc2ccccc2Cl)c1C. The lowest BCUT2D eigenvalue weighted by molar-refractivity contribution is -0.129. The van der Waals surface area contributed by atoms with Crippen LogP contribution in [0.15, 0.2) is 24.3 Å². The molecule has 0 aliphatic carbocycles. The quantitative estimate of drug-likeness (QED) is 0.618. The average Bonchev–Trinajstić information content (AvgIpc) is 3.07. The zero-order chi connectivity index (χ0) is 21.3. The maximum absolute atomic E-state index is 12.8. The van der Waals surface area contributed by atoms with Gasteiger partial charge in [-0.3, -0.25) is 14.2 Å². The molecule has 0 radical (unpaired) electrons. The van der Waals surface area contributed by atoms with Crippen LogP contribution in [-0.4, -0.2) is 37.4 Å². The number of aromatic nitrogens is 4. The highest BCUT2D eigenvalue weighted by Gasteiger charge is 2.20. The molecule has 0 atom stereocenters. The molecule has 0 saturated heterocycles. The molecule has 1 amide bonds. The number of hydrogen-bond acceptors (Lipinski definition) is 3. The molecular weight excluding hydrogens is 386 g/mol. The molecule has 3 rings (SSSR count). The van der Waals surface area contributed by atoms with Gasteiger partial charge in [0, 0.05) is 48.2 Å². The number of carbonyl (C=O) groups excluding carboxylic acids is 1. The highest BCUT2D eigenvalue weighted by Crippen LogP contribution is 2.21. The van der Waals surface area contributed by atoms with Crippen LogP contribution >= 0.6 is 11.6 Å². The van der Waals surface area contributed by atoms with Gasteiger partial charge < -0.3 is 4.90 Å². The fourth-order valence-electron chi connectivity index (χ4n) is 3.59. The predicted molar refractivity (Wildman–Crippen MR) is 115 cm³/mol. The van der Waals surface area contributed by atoms with Gasteiger partial charge in [-0.1, -0.05) is 29.8 Å². The molecule has 0 aliphatic heterocycles. The fourth-order valence-corrected chi connectivity index (χ4v) is 3.79. The molecular formula is C22H28ClN5O. The molecule has 0 unspecified atom stereocenters.